The van der Waals surface area contributed by atoms with Gasteiger partial charge < -0.3 is 0 Å². The molecule has 0 aromatic carbocycles. The Hall–Kier alpha value is 2.45. The van der Waals surface area contributed by atoms with Gasteiger partial charge in [-0.1, -0.05) is 85.8 Å². The highest BCUT2D eigenvalue weighted by molar-refractivity contribution is 9.45. The van der Waals surface area contributed by atoms with E-state index in [0.29, 0.717) is 0 Å². The first kappa shape index (κ1) is 21.5. The summed E-state index contributed by atoms with van der Waals surface area (Å²) in [6, 6.07) is 0. The van der Waals surface area contributed by atoms with Crippen LogP contribution in [0.2, 0.25) is 0 Å². The lowest BCUT2D eigenvalue weighted by atomic mass is 10.1. The van der Waals surface area contributed by atoms with E-state index in [1.807, 2.05) is 70.7 Å². The monoisotopic (exact) mass is 420 g/mol. The molecule has 1 aliphatic rings. The first-order valence-corrected chi connectivity index (χ1v) is 17.2. The minimum absolute atomic E-state index is 1.32. The van der Waals surface area contributed by atoms with Crippen molar-refractivity contribution in [2.24, 2.45) is 0 Å². The summed E-state index contributed by atoms with van der Waals surface area (Å²) in [5.41, 5.74) is 0. The molecule has 0 aromatic heterocycles. The fourth-order valence-corrected chi connectivity index (χ4v) is 16.7. The molecule has 1 saturated heterocycles. The molecule has 0 saturated carbocycles. The second-order valence-electron chi connectivity index (χ2n) is 5.23. The lowest BCUT2D eigenvalue weighted by Gasteiger charge is -2.03. The van der Waals surface area contributed by atoms with Crippen molar-refractivity contribution >= 4 is 70.7 Å². The summed E-state index contributed by atoms with van der Waals surface area (Å²) < 4.78 is 0. The fourth-order valence-electron chi connectivity index (χ4n) is 2.23. The van der Waals surface area contributed by atoms with Crippen molar-refractivity contribution in [3.8, 4) is 0 Å². The van der Waals surface area contributed by atoms with Gasteiger partial charge in [-0.3, -0.25) is 0 Å². The number of hydrogen-bond donors (Lipinski definition) is 0. The summed E-state index contributed by atoms with van der Waals surface area (Å²) >= 11 is 0. The van der Waals surface area contributed by atoms with Gasteiger partial charge in [-0.25, -0.2) is 0 Å². The number of rotatable bonds is 0. The molecule has 0 N–H and O–H groups in total. The van der Waals surface area contributed by atoms with Crippen LogP contribution in [0.15, 0.2) is 0 Å². The molecule has 1 rings (SSSR count). The van der Waals surface area contributed by atoms with Crippen molar-refractivity contribution in [2.75, 3.05) is 11.5 Å². The minimum atomic E-state index is 1.32. The molecule has 1 fully saturated rings. The first-order valence-electron chi connectivity index (χ1n) is 8.08. The Morgan fingerprint density at radius 3 is 0.952 bits per heavy atom. The molecule has 21 heavy (non-hydrogen) atoms. The van der Waals surface area contributed by atoms with Gasteiger partial charge >= 0.3 is 0 Å². The predicted octanol–water partition coefficient (Wildman–Crippen LogP) is 9.30. The molecule has 0 bridgehead atoms. The Kier molecular flexibility index (Phi) is 19.2. The van der Waals surface area contributed by atoms with Gasteiger partial charge in [-0.15, -0.1) is 0 Å². The molecule has 0 amide bonds. The third-order valence-electron chi connectivity index (χ3n) is 3.41. The van der Waals surface area contributed by atoms with Gasteiger partial charge in [0.2, 0.25) is 0 Å². The van der Waals surface area contributed by atoms with Crippen LogP contribution in [0.25, 0.3) is 0 Å². The molecule has 0 radical (unpaired) electrons. The molecule has 7 heteroatoms. The van der Waals surface area contributed by atoms with E-state index in [0.717, 1.165) is 0 Å². The van der Waals surface area contributed by atoms with E-state index in [2.05, 4.69) is 0 Å². The van der Waals surface area contributed by atoms with Crippen LogP contribution in [0.4, 0.5) is 0 Å². The van der Waals surface area contributed by atoms with Crippen molar-refractivity contribution in [3.63, 3.8) is 0 Å². The Bertz CT molecular complexity index is 112. The lowest BCUT2D eigenvalue weighted by Crippen LogP contribution is -1.84. The van der Waals surface area contributed by atoms with Crippen LogP contribution in [-0.2, 0) is 0 Å². The quantitative estimate of drug-likeness (QED) is 0.353. The topological polar surface area (TPSA) is 0 Å². The predicted molar refractivity (Wildman–Crippen MR) is 118 cm³/mol. The van der Waals surface area contributed by atoms with E-state index in [9.17, 15) is 0 Å². The maximum atomic E-state index is 2.03. The van der Waals surface area contributed by atoms with E-state index in [4.69, 9.17) is 0 Å². The van der Waals surface area contributed by atoms with Crippen LogP contribution in [0.3, 0.4) is 0 Å². The highest BCUT2D eigenvalue weighted by atomic mass is 33.9. The van der Waals surface area contributed by atoms with Crippen LogP contribution >= 0.6 is 70.7 Å². The van der Waals surface area contributed by atoms with E-state index < -0.39 is 0 Å². The zero-order valence-electron chi connectivity index (χ0n) is 12.8. The van der Waals surface area contributed by atoms with Gasteiger partial charge in [0.05, 0.1) is 0 Å². The zero-order chi connectivity index (χ0) is 14.8. The maximum absolute atomic E-state index is 2.03. The third kappa shape index (κ3) is 17.1. The molecular weight excluding hydrogens is 393 g/mol. The van der Waals surface area contributed by atoms with Crippen LogP contribution in [0.5, 0.6) is 0 Å². The minimum Gasteiger partial charge on any atom is -0.0817 e. The Labute approximate surface area is 158 Å². The Morgan fingerprint density at radius 1 is 0.286 bits per heavy atom. The van der Waals surface area contributed by atoms with Crippen LogP contribution in [0, 0.1) is 0 Å². The zero-order valence-corrected chi connectivity index (χ0v) is 18.5. The van der Waals surface area contributed by atoms with Gasteiger partial charge in [0.25, 0.3) is 0 Å². The lowest BCUT2D eigenvalue weighted by molar-refractivity contribution is 0.549. The molecule has 126 valence electrons. The summed E-state index contributed by atoms with van der Waals surface area (Å²) in [4.78, 5) is 0. The van der Waals surface area contributed by atoms with Crippen LogP contribution in [0.1, 0.15) is 77.0 Å². The average molecular weight is 421 g/mol. The van der Waals surface area contributed by atoms with Crippen LogP contribution < -0.4 is 0 Å². The number of hydrogen-bond acceptors (Lipinski definition) is 7. The molecule has 1 heterocycles. The molecule has 0 aliphatic carbocycles. The highest BCUT2D eigenvalue weighted by Crippen LogP contribution is 2.55. The fraction of sp³-hybridized carbons (Fsp3) is 1.00. The summed E-state index contributed by atoms with van der Waals surface area (Å²) in [6.45, 7) is 0. The summed E-state index contributed by atoms with van der Waals surface area (Å²) in [7, 11) is 13.8. The molecule has 0 unspecified atom stereocenters. The highest BCUT2D eigenvalue weighted by Gasteiger charge is 1.98. The standard InChI is InChI=1S/C14H28S7/c1-2-4-6-8-10-12-14-16-18-20-21-19-17-15-13-11-9-7-5-3-1/h1-14H2. The largest absolute Gasteiger partial charge is 0.0817 e. The SMILES string of the molecule is C1CCCCCCCSSSSSSSCCCCCC1. The smallest absolute Gasteiger partial charge is 0.00454 e. The van der Waals surface area contributed by atoms with Gasteiger partial charge in [-0.2, -0.15) is 0 Å². The average Bonchev–Trinajstić information content (AvgIpc) is 2.50. The third-order valence-corrected chi connectivity index (χ3v) is 16.7. The van der Waals surface area contributed by atoms with E-state index in [1.54, 1.807) is 0 Å². The first-order chi connectivity index (χ1) is 10.5. The second-order valence-corrected chi connectivity index (χ2v) is 16.8. The van der Waals surface area contributed by atoms with E-state index >= 15 is 0 Å². The van der Waals surface area contributed by atoms with Gasteiger partial charge in [0, 0.05) is 11.5 Å². The normalized spacial score (nSPS) is 24.0. The van der Waals surface area contributed by atoms with Crippen molar-refractivity contribution in [1.29, 1.82) is 0 Å². The Morgan fingerprint density at radius 2 is 0.571 bits per heavy atom. The summed E-state index contributed by atoms with van der Waals surface area (Å²) in [5, 5.41) is 0. The van der Waals surface area contributed by atoms with E-state index in [1.165, 1.54) is 88.6 Å². The van der Waals surface area contributed by atoms with Gasteiger partial charge in [-0.05, 0) is 62.0 Å². The van der Waals surface area contributed by atoms with Gasteiger partial charge in [0.15, 0.2) is 0 Å². The van der Waals surface area contributed by atoms with Crippen molar-refractivity contribution in [3.05, 3.63) is 0 Å². The van der Waals surface area contributed by atoms with Crippen molar-refractivity contribution < 1.29 is 0 Å². The molecule has 0 spiro atoms. The molecule has 0 nitrogen and oxygen atoms in total. The van der Waals surface area contributed by atoms with Gasteiger partial charge in [0.1, 0.15) is 0 Å². The molecule has 0 aromatic rings. The van der Waals surface area contributed by atoms with Crippen molar-refractivity contribution in [1.82, 2.24) is 0 Å². The summed E-state index contributed by atoms with van der Waals surface area (Å²) in [5.74, 6) is 2.65. The van der Waals surface area contributed by atoms with Crippen molar-refractivity contribution in [2.45, 2.75) is 77.0 Å². The maximum Gasteiger partial charge on any atom is 0.00454 e. The van der Waals surface area contributed by atoms with Crippen LogP contribution in [-0.4, -0.2) is 11.5 Å². The molecule has 1 aliphatic heterocycles. The second kappa shape index (κ2) is 18.8. The molecule has 0 atom stereocenters. The molecular formula is C14H28S7. The Balaban J connectivity index is 2.00. The summed E-state index contributed by atoms with van der Waals surface area (Å²) in [6.07, 6.45) is 17.4. The van der Waals surface area contributed by atoms with E-state index in [-0.39, 0.29) is 0 Å².